The molecule has 1 N–H and O–H groups in total. The second kappa shape index (κ2) is 19.8. The Labute approximate surface area is 205 Å². The summed E-state index contributed by atoms with van der Waals surface area (Å²) in [7, 11) is -4.21. The first-order chi connectivity index (χ1) is 11.9. The van der Waals surface area contributed by atoms with Crippen molar-refractivity contribution in [1.29, 1.82) is 0 Å². The van der Waals surface area contributed by atoms with E-state index < -0.39 is 21.5 Å². The van der Waals surface area contributed by atoms with Gasteiger partial charge in [0.2, 0.25) is 0 Å². The van der Waals surface area contributed by atoms with E-state index in [1.165, 1.54) is 77.6 Å². The minimum Gasteiger partial charge on any atom is -0.748 e. The fraction of sp³-hybridized carbons (Fsp3) is 1.00. The van der Waals surface area contributed by atoms with Gasteiger partial charge in [-0.1, -0.05) is 90.4 Å². The molecule has 152 valence electrons. The summed E-state index contributed by atoms with van der Waals surface area (Å²) < 4.78 is 32.4. The molecule has 0 aliphatic heterocycles. The molecule has 0 amide bonds. The molecule has 4 nitrogen and oxygen atoms in total. The third-order valence-electron chi connectivity index (χ3n) is 5.04. The first kappa shape index (κ1) is 29.7. The predicted molar refractivity (Wildman–Crippen MR) is 105 cm³/mol. The molecule has 2 atom stereocenters. The maximum absolute atomic E-state index is 10.8. The van der Waals surface area contributed by atoms with E-state index in [0.717, 1.165) is 12.8 Å². The summed E-state index contributed by atoms with van der Waals surface area (Å²) in [5, 5.41) is 8.95. The van der Waals surface area contributed by atoms with Gasteiger partial charge in [-0.15, -0.1) is 0 Å². The molecule has 0 bridgehead atoms. The average molecular weight is 417 g/mol. The molecule has 0 aromatic rings. The van der Waals surface area contributed by atoms with E-state index in [1.54, 1.807) is 0 Å². The molecule has 0 aromatic heterocycles. The van der Waals surface area contributed by atoms with Gasteiger partial charge in [-0.25, -0.2) is 8.42 Å². The van der Waals surface area contributed by atoms with Crippen molar-refractivity contribution in [3.8, 4) is 0 Å². The van der Waals surface area contributed by atoms with E-state index >= 15 is 0 Å². The van der Waals surface area contributed by atoms with Crippen LogP contribution in [0.4, 0.5) is 0 Å². The number of rotatable bonds is 18. The average Bonchev–Trinajstić information content (AvgIpc) is 2.56. The van der Waals surface area contributed by atoms with Crippen molar-refractivity contribution in [3.05, 3.63) is 0 Å². The molecule has 2 unspecified atom stereocenters. The molecule has 0 saturated heterocycles. The summed E-state index contributed by atoms with van der Waals surface area (Å²) in [5.74, 6) is 0. The Kier molecular flexibility index (Phi) is 22.6. The van der Waals surface area contributed by atoms with Crippen molar-refractivity contribution in [1.82, 2.24) is 0 Å². The molecule has 0 aliphatic rings. The zero-order chi connectivity index (χ0) is 19.0. The standard InChI is InChI=1S/C20H42O4S.K/c1-3-4-5-6-7-8-9-10-11-12-13-14-15-16-20(21)18-17-19(2)25(22,23)24;/h19-21H,3-18H2,1-2H3,(H,22,23,24);/q;+1/p-1. The van der Waals surface area contributed by atoms with Gasteiger partial charge in [0.05, 0.1) is 16.2 Å². The zero-order valence-electron chi connectivity index (χ0n) is 17.5. The quantitative estimate of drug-likeness (QED) is 0.212. The van der Waals surface area contributed by atoms with Crippen molar-refractivity contribution in [2.24, 2.45) is 0 Å². The molecule has 0 heterocycles. The summed E-state index contributed by atoms with van der Waals surface area (Å²) >= 11 is 0. The van der Waals surface area contributed by atoms with Crippen molar-refractivity contribution >= 4 is 10.1 Å². The topological polar surface area (TPSA) is 77.4 Å². The van der Waals surface area contributed by atoms with Gasteiger partial charge in [-0.3, -0.25) is 0 Å². The van der Waals surface area contributed by atoms with E-state index in [9.17, 15) is 18.1 Å². The molecule has 6 heteroatoms. The van der Waals surface area contributed by atoms with Gasteiger partial charge >= 0.3 is 51.4 Å². The van der Waals surface area contributed by atoms with E-state index in [0.29, 0.717) is 12.8 Å². The number of unbranched alkanes of at least 4 members (excludes halogenated alkanes) is 12. The fourth-order valence-electron chi connectivity index (χ4n) is 3.11. The van der Waals surface area contributed by atoms with Crippen LogP contribution in [0.3, 0.4) is 0 Å². The molecule has 0 rings (SSSR count). The molecule has 0 spiro atoms. The first-order valence-corrected chi connectivity index (χ1v) is 12.0. The molecular formula is C20H41KO4S. The molecule has 0 fully saturated rings. The monoisotopic (exact) mass is 416 g/mol. The Morgan fingerprint density at radius 2 is 1.12 bits per heavy atom. The van der Waals surface area contributed by atoms with E-state index in [2.05, 4.69) is 6.92 Å². The Balaban J connectivity index is 0. The van der Waals surface area contributed by atoms with Crippen LogP contribution in [-0.4, -0.2) is 29.4 Å². The van der Waals surface area contributed by atoms with Gasteiger partial charge in [0, 0.05) is 5.25 Å². The Hall–Kier alpha value is 1.51. The van der Waals surface area contributed by atoms with E-state index in [1.807, 2.05) is 0 Å². The third kappa shape index (κ3) is 20.2. The summed E-state index contributed by atoms with van der Waals surface area (Å²) in [6.45, 7) is 3.67. The normalized spacial score (nSPS) is 14.0. The summed E-state index contributed by atoms with van der Waals surface area (Å²) in [6, 6.07) is 0. The van der Waals surface area contributed by atoms with Gasteiger partial charge in [0.15, 0.2) is 0 Å². The Morgan fingerprint density at radius 1 is 0.731 bits per heavy atom. The van der Waals surface area contributed by atoms with Crippen LogP contribution in [0.2, 0.25) is 0 Å². The van der Waals surface area contributed by atoms with Crippen LogP contribution in [0.25, 0.3) is 0 Å². The second-order valence-electron chi connectivity index (χ2n) is 7.57. The van der Waals surface area contributed by atoms with Gasteiger partial charge in [0.25, 0.3) is 0 Å². The van der Waals surface area contributed by atoms with Crippen LogP contribution < -0.4 is 51.4 Å². The SMILES string of the molecule is CCCCCCCCCCCCCCCC(O)CCC(C)S(=O)(=O)[O-].[K+]. The second-order valence-corrected chi connectivity index (χ2v) is 9.36. The van der Waals surface area contributed by atoms with Gasteiger partial charge in [-0.2, -0.15) is 0 Å². The smallest absolute Gasteiger partial charge is 0.748 e. The van der Waals surface area contributed by atoms with Gasteiger partial charge in [0.1, 0.15) is 0 Å². The van der Waals surface area contributed by atoms with Crippen molar-refractivity contribution in [3.63, 3.8) is 0 Å². The van der Waals surface area contributed by atoms with Crippen LogP contribution in [0, 0.1) is 0 Å². The maximum Gasteiger partial charge on any atom is 1.00 e. The van der Waals surface area contributed by atoms with Crippen LogP contribution in [0.15, 0.2) is 0 Å². The van der Waals surface area contributed by atoms with Crippen molar-refractivity contribution in [2.45, 2.75) is 128 Å². The molecule has 0 saturated carbocycles. The van der Waals surface area contributed by atoms with Crippen molar-refractivity contribution in [2.75, 3.05) is 0 Å². The minimum atomic E-state index is -4.21. The molecular weight excluding hydrogens is 375 g/mol. The van der Waals surface area contributed by atoms with E-state index in [4.69, 9.17) is 0 Å². The van der Waals surface area contributed by atoms with Crippen LogP contribution in [-0.2, 0) is 10.1 Å². The summed E-state index contributed by atoms with van der Waals surface area (Å²) in [5.41, 5.74) is 0. The number of aliphatic hydroxyl groups is 1. The molecule has 0 aliphatic carbocycles. The zero-order valence-corrected chi connectivity index (χ0v) is 21.5. The number of hydrogen-bond acceptors (Lipinski definition) is 4. The largest absolute Gasteiger partial charge is 1.00 e. The molecule has 0 radical (unpaired) electrons. The van der Waals surface area contributed by atoms with Crippen molar-refractivity contribution < 1.29 is 69.5 Å². The first-order valence-electron chi connectivity index (χ1n) is 10.5. The third-order valence-corrected chi connectivity index (χ3v) is 6.26. The molecule has 0 aromatic carbocycles. The Morgan fingerprint density at radius 3 is 1.50 bits per heavy atom. The van der Waals surface area contributed by atoms with Crippen LogP contribution >= 0.6 is 0 Å². The number of hydrogen-bond donors (Lipinski definition) is 1. The van der Waals surface area contributed by atoms with Crippen LogP contribution in [0.5, 0.6) is 0 Å². The van der Waals surface area contributed by atoms with E-state index in [-0.39, 0.29) is 57.8 Å². The maximum atomic E-state index is 10.8. The van der Waals surface area contributed by atoms with Gasteiger partial charge in [-0.05, 0) is 26.2 Å². The summed E-state index contributed by atoms with van der Waals surface area (Å²) in [4.78, 5) is 0. The molecule has 26 heavy (non-hydrogen) atoms. The summed E-state index contributed by atoms with van der Waals surface area (Å²) in [6.07, 6.45) is 17.8. The van der Waals surface area contributed by atoms with Gasteiger partial charge < -0.3 is 9.66 Å². The Bertz CT molecular complexity index is 387. The number of aliphatic hydroxyl groups excluding tert-OH is 1. The minimum absolute atomic E-state index is 0. The fourth-order valence-corrected chi connectivity index (χ4v) is 3.54. The van der Waals surface area contributed by atoms with Crippen LogP contribution in [0.1, 0.15) is 117 Å². The predicted octanol–water partition coefficient (Wildman–Crippen LogP) is 2.55.